The van der Waals surface area contributed by atoms with E-state index in [1.165, 1.54) is 44.6 Å². The summed E-state index contributed by atoms with van der Waals surface area (Å²) in [7, 11) is 0. The van der Waals surface area contributed by atoms with E-state index in [0.29, 0.717) is 0 Å². The van der Waals surface area contributed by atoms with Crippen LogP contribution in [0.4, 0.5) is 0 Å². The van der Waals surface area contributed by atoms with E-state index in [2.05, 4.69) is 34.1 Å². The van der Waals surface area contributed by atoms with Gasteiger partial charge in [0.1, 0.15) is 5.75 Å². The monoisotopic (exact) mass is 304 g/mol. The highest BCUT2D eigenvalue weighted by Gasteiger charge is 2.25. The Bertz CT molecular complexity index is 435. The summed E-state index contributed by atoms with van der Waals surface area (Å²) < 4.78 is 11.0. The average molecular weight is 304 g/mol. The smallest absolute Gasteiger partial charge is 0.119 e. The molecule has 0 atom stereocenters. The van der Waals surface area contributed by atoms with Crippen molar-refractivity contribution in [2.45, 2.75) is 32.4 Å². The minimum atomic E-state index is 0.730. The zero-order valence-electron chi connectivity index (χ0n) is 13.7. The molecule has 0 saturated carbocycles. The first-order valence-corrected chi connectivity index (χ1v) is 8.61. The Morgan fingerprint density at radius 3 is 2.36 bits per heavy atom. The average Bonchev–Trinajstić information content (AvgIpc) is 2.58. The van der Waals surface area contributed by atoms with Crippen LogP contribution >= 0.6 is 0 Å². The second-order valence-corrected chi connectivity index (χ2v) is 6.23. The number of benzene rings is 1. The Morgan fingerprint density at radius 1 is 1.05 bits per heavy atom. The summed E-state index contributed by atoms with van der Waals surface area (Å²) in [6.45, 7) is 10.4. The lowest BCUT2D eigenvalue weighted by Crippen LogP contribution is -2.51. The molecule has 4 nitrogen and oxygen atoms in total. The van der Waals surface area contributed by atoms with Crippen LogP contribution in [0.25, 0.3) is 0 Å². The van der Waals surface area contributed by atoms with Crippen LogP contribution < -0.4 is 4.74 Å². The van der Waals surface area contributed by atoms with Crippen molar-refractivity contribution < 1.29 is 9.47 Å². The highest BCUT2D eigenvalue weighted by molar-refractivity contribution is 5.27. The predicted molar refractivity (Wildman–Crippen MR) is 88.3 cm³/mol. The summed E-state index contributed by atoms with van der Waals surface area (Å²) in [6.07, 6.45) is 2.41. The first kappa shape index (κ1) is 15.8. The lowest BCUT2D eigenvalue weighted by molar-refractivity contribution is 0.0126. The van der Waals surface area contributed by atoms with Crippen molar-refractivity contribution in [2.24, 2.45) is 0 Å². The molecule has 122 valence electrons. The molecule has 1 aromatic carbocycles. The van der Waals surface area contributed by atoms with E-state index >= 15 is 0 Å². The fourth-order valence-electron chi connectivity index (χ4n) is 3.45. The van der Waals surface area contributed by atoms with Gasteiger partial charge >= 0.3 is 0 Å². The van der Waals surface area contributed by atoms with E-state index in [0.717, 1.165) is 38.2 Å². The number of hydrogen-bond donors (Lipinski definition) is 0. The molecule has 2 saturated heterocycles. The number of ether oxygens (including phenoxy) is 2. The van der Waals surface area contributed by atoms with Gasteiger partial charge in [-0.1, -0.05) is 12.1 Å². The Kier molecular flexibility index (Phi) is 5.70. The van der Waals surface area contributed by atoms with Crippen LogP contribution in [0.15, 0.2) is 24.3 Å². The van der Waals surface area contributed by atoms with E-state index in [9.17, 15) is 0 Å². The SMILES string of the molecule is CCOc1ccc(CN2CCN(C3CCOCC3)CC2)cc1. The first-order chi connectivity index (χ1) is 10.8. The third kappa shape index (κ3) is 4.22. The maximum atomic E-state index is 5.50. The van der Waals surface area contributed by atoms with Crippen LogP contribution in [0.1, 0.15) is 25.3 Å². The minimum absolute atomic E-state index is 0.730. The quantitative estimate of drug-likeness (QED) is 0.834. The van der Waals surface area contributed by atoms with Crippen molar-refractivity contribution in [1.82, 2.24) is 9.80 Å². The minimum Gasteiger partial charge on any atom is -0.494 e. The number of hydrogen-bond acceptors (Lipinski definition) is 4. The summed E-state index contributed by atoms with van der Waals surface area (Å²) in [5.74, 6) is 0.968. The Morgan fingerprint density at radius 2 is 1.73 bits per heavy atom. The molecule has 0 spiro atoms. The lowest BCUT2D eigenvalue weighted by Gasteiger charge is -2.40. The van der Waals surface area contributed by atoms with E-state index in [-0.39, 0.29) is 0 Å². The Labute approximate surface area is 134 Å². The van der Waals surface area contributed by atoms with Crippen molar-refractivity contribution in [3.63, 3.8) is 0 Å². The summed E-state index contributed by atoms with van der Waals surface area (Å²) in [5, 5.41) is 0. The molecule has 2 aliphatic heterocycles. The molecule has 1 aromatic rings. The molecule has 2 fully saturated rings. The van der Waals surface area contributed by atoms with Gasteiger partial charge < -0.3 is 9.47 Å². The maximum absolute atomic E-state index is 5.50. The zero-order valence-corrected chi connectivity index (χ0v) is 13.7. The predicted octanol–water partition coefficient (Wildman–Crippen LogP) is 2.38. The molecule has 3 rings (SSSR count). The molecule has 0 N–H and O–H groups in total. The van der Waals surface area contributed by atoms with E-state index in [1.54, 1.807) is 0 Å². The normalized spacial score (nSPS) is 21.9. The third-order valence-corrected chi connectivity index (χ3v) is 4.75. The number of rotatable bonds is 5. The largest absolute Gasteiger partial charge is 0.494 e. The Hall–Kier alpha value is -1.10. The van der Waals surface area contributed by atoms with Gasteiger partial charge in [0.2, 0.25) is 0 Å². The second kappa shape index (κ2) is 7.95. The highest BCUT2D eigenvalue weighted by Crippen LogP contribution is 2.18. The van der Waals surface area contributed by atoms with Gasteiger partial charge in [-0.05, 0) is 37.5 Å². The van der Waals surface area contributed by atoms with Gasteiger partial charge in [0.15, 0.2) is 0 Å². The summed E-state index contributed by atoms with van der Waals surface area (Å²) >= 11 is 0. The van der Waals surface area contributed by atoms with E-state index in [1.807, 2.05) is 6.92 Å². The molecule has 0 amide bonds. The second-order valence-electron chi connectivity index (χ2n) is 6.23. The van der Waals surface area contributed by atoms with E-state index < -0.39 is 0 Å². The van der Waals surface area contributed by atoms with Crippen molar-refractivity contribution in [3.05, 3.63) is 29.8 Å². The van der Waals surface area contributed by atoms with Gasteiger partial charge in [0.25, 0.3) is 0 Å². The molecule has 2 aliphatic rings. The third-order valence-electron chi connectivity index (χ3n) is 4.75. The molecule has 4 heteroatoms. The van der Waals surface area contributed by atoms with Gasteiger partial charge in [0.05, 0.1) is 6.61 Å². The summed E-state index contributed by atoms with van der Waals surface area (Å²) in [6, 6.07) is 9.29. The number of nitrogens with zero attached hydrogens (tertiary/aromatic N) is 2. The lowest BCUT2D eigenvalue weighted by atomic mass is 10.1. The fourth-order valence-corrected chi connectivity index (χ4v) is 3.45. The molecule has 22 heavy (non-hydrogen) atoms. The van der Waals surface area contributed by atoms with Crippen LogP contribution in [0.5, 0.6) is 5.75 Å². The van der Waals surface area contributed by atoms with Crippen molar-refractivity contribution in [1.29, 1.82) is 0 Å². The zero-order chi connectivity index (χ0) is 15.2. The van der Waals surface area contributed by atoms with Crippen LogP contribution in [0, 0.1) is 0 Å². The topological polar surface area (TPSA) is 24.9 Å². The summed E-state index contributed by atoms with van der Waals surface area (Å²) in [5.41, 5.74) is 1.38. The standard InChI is InChI=1S/C18H28N2O2/c1-2-22-18-5-3-16(4-6-18)15-19-9-11-20(12-10-19)17-7-13-21-14-8-17/h3-6,17H,2,7-15H2,1H3. The van der Waals surface area contributed by atoms with Crippen molar-refractivity contribution in [3.8, 4) is 5.75 Å². The summed E-state index contributed by atoms with van der Waals surface area (Å²) in [4.78, 5) is 5.22. The highest BCUT2D eigenvalue weighted by atomic mass is 16.5. The van der Waals surface area contributed by atoms with Gasteiger partial charge in [-0.2, -0.15) is 0 Å². The number of piperazine rings is 1. The molecule has 0 bridgehead atoms. The molecule has 0 unspecified atom stereocenters. The van der Waals surface area contributed by atoms with Gasteiger partial charge in [-0.25, -0.2) is 0 Å². The molecule has 0 aromatic heterocycles. The van der Waals surface area contributed by atoms with Crippen LogP contribution in [0.2, 0.25) is 0 Å². The van der Waals surface area contributed by atoms with Crippen molar-refractivity contribution >= 4 is 0 Å². The molecule has 0 aliphatic carbocycles. The van der Waals surface area contributed by atoms with Crippen LogP contribution in [-0.2, 0) is 11.3 Å². The molecular weight excluding hydrogens is 276 g/mol. The first-order valence-electron chi connectivity index (χ1n) is 8.61. The van der Waals surface area contributed by atoms with Gasteiger partial charge in [0, 0.05) is 52.0 Å². The fraction of sp³-hybridized carbons (Fsp3) is 0.667. The van der Waals surface area contributed by atoms with E-state index in [4.69, 9.17) is 9.47 Å². The molecule has 2 heterocycles. The molecule has 0 radical (unpaired) electrons. The maximum Gasteiger partial charge on any atom is 0.119 e. The Balaban J connectivity index is 1.45. The van der Waals surface area contributed by atoms with Gasteiger partial charge in [-0.3, -0.25) is 9.80 Å². The van der Waals surface area contributed by atoms with Crippen molar-refractivity contribution in [2.75, 3.05) is 46.0 Å². The van der Waals surface area contributed by atoms with Crippen LogP contribution in [0.3, 0.4) is 0 Å². The van der Waals surface area contributed by atoms with Crippen LogP contribution in [-0.4, -0.2) is 61.8 Å². The van der Waals surface area contributed by atoms with Gasteiger partial charge in [-0.15, -0.1) is 0 Å². The molecular formula is C18H28N2O2.